The Kier molecular flexibility index (Phi) is 7.03. The molecule has 0 aromatic rings. The highest BCUT2D eigenvalue weighted by atomic mass is 15.8. The third kappa shape index (κ3) is 6.28. The summed E-state index contributed by atoms with van der Waals surface area (Å²) in [6.45, 7) is 10.00. The molecular weight excluding hydrogens is 188 g/mol. The summed E-state index contributed by atoms with van der Waals surface area (Å²) in [7, 11) is 5.78. The summed E-state index contributed by atoms with van der Waals surface area (Å²) in [4.78, 5) is 0. The lowest BCUT2D eigenvalue weighted by Crippen LogP contribution is -2.50. The minimum atomic E-state index is 0.501. The van der Waals surface area contributed by atoms with Crippen LogP contribution in [0.15, 0.2) is 24.9 Å². The van der Waals surface area contributed by atoms with E-state index in [1.54, 1.807) is 0 Å². The van der Waals surface area contributed by atoms with E-state index in [2.05, 4.69) is 31.2 Å². The van der Waals surface area contributed by atoms with Crippen molar-refractivity contribution < 1.29 is 0 Å². The Morgan fingerprint density at radius 2 is 1.93 bits per heavy atom. The van der Waals surface area contributed by atoms with Crippen LogP contribution in [-0.4, -0.2) is 31.2 Å². The molecule has 0 aliphatic carbocycles. The molecule has 0 aromatic carbocycles. The lowest BCUT2D eigenvalue weighted by atomic mass is 10.0. The van der Waals surface area contributed by atoms with Gasteiger partial charge in [0.25, 0.3) is 0 Å². The Hall–Kier alpha value is -0.840. The molecule has 0 spiro atoms. The van der Waals surface area contributed by atoms with E-state index in [-0.39, 0.29) is 0 Å². The number of nitrogens with zero attached hydrogens (tertiary/aromatic N) is 2. The second kappa shape index (κ2) is 7.45. The molecule has 0 saturated carbocycles. The van der Waals surface area contributed by atoms with Crippen LogP contribution in [0.3, 0.4) is 0 Å². The minimum absolute atomic E-state index is 0.501. The lowest BCUT2D eigenvalue weighted by Gasteiger charge is -2.26. The van der Waals surface area contributed by atoms with Gasteiger partial charge in [-0.25, -0.2) is 5.01 Å². The molecular formula is C11H24N4. The fourth-order valence-corrected chi connectivity index (χ4v) is 1.09. The number of hydrogen-bond acceptors (Lipinski definition) is 4. The highest BCUT2D eigenvalue weighted by Crippen LogP contribution is 2.15. The lowest BCUT2D eigenvalue weighted by molar-refractivity contribution is 0.126. The first-order chi connectivity index (χ1) is 7.01. The molecule has 88 valence electrons. The molecule has 0 radical (unpaired) electrons. The largest absolute Gasteiger partial charge is 0.302 e. The number of rotatable bonds is 8. The predicted molar refractivity (Wildman–Crippen MR) is 65.5 cm³/mol. The Morgan fingerprint density at radius 1 is 1.33 bits per heavy atom. The zero-order valence-electron chi connectivity index (χ0n) is 10.4. The summed E-state index contributed by atoms with van der Waals surface area (Å²) in [5.74, 6) is 0.501. The Balaban J connectivity index is 3.92. The second-order valence-corrected chi connectivity index (χ2v) is 3.85. The van der Waals surface area contributed by atoms with Crippen LogP contribution in [-0.2, 0) is 0 Å². The van der Waals surface area contributed by atoms with Crippen molar-refractivity contribution in [3.8, 4) is 0 Å². The molecule has 0 rings (SSSR count). The normalized spacial score (nSPS) is 12.6. The molecule has 4 heteroatoms. The number of hydrazine groups is 3. The van der Waals surface area contributed by atoms with E-state index in [9.17, 15) is 0 Å². The molecule has 0 heterocycles. The first-order valence-corrected chi connectivity index (χ1v) is 5.23. The molecule has 0 bridgehead atoms. The molecule has 15 heavy (non-hydrogen) atoms. The third-order valence-corrected chi connectivity index (χ3v) is 2.27. The van der Waals surface area contributed by atoms with Gasteiger partial charge in [-0.05, 0) is 18.8 Å². The average molecular weight is 212 g/mol. The van der Waals surface area contributed by atoms with Crippen LogP contribution < -0.4 is 11.1 Å². The van der Waals surface area contributed by atoms with Crippen molar-refractivity contribution in [3.05, 3.63) is 24.9 Å². The van der Waals surface area contributed by atoms with Gasteiger partial charge in [0.1, 0.15) is 0 Å². The van der Waals surface area contributed by atoms with Crippen molar-refractivity contribution in [3.63, 3.8) is 0 Å². The van der Waals surface area contributed by atoms with Crippen LogP contribution in [0, 0.1) is 5.92 Å². The average Bonchev–Trinajstić information content (AvgIpc) is 2.21. The van der Waals surface area contributed by atoms with E-state index >= 15 is 0 Å². The van der Waals surface area contributed by atoms with Crippen LogP contribution in [0.4, 0.5) is 0 Å². The number of hydrogen-bond donors (Lipinski definition) is 2. The second-order valence-electron chi connectivity index (χ2n) is 3.85. The first-order valence-electron chi connectivity index (χ1n) is 5.23. The van der Waals surface area contributed by atoms with E-state index in [4.69, 9.17) is 0 Å². The van der Waals surface area contributed by atoms with Gasteiger partial charge in [0.2, 0.25) is 0 Å². The van der Waals surface area contributed by atoms with Crippen molar-refractivity contribution in [2.24, 2.45) is 5.92 Å². The quantitative estimate of drug-likeness (QED) is 0.472. The molecule has 4 nitrogen and oxygen atoms in total. The Bertz CT molecular complexity index is 201. The highest BCUT2D eigenvalue weighted by Gasteiger charge is 2.07. The molecule has 1 atom stereocenters. The van der Waals surface area contributed by atoms with Gasteiger partial charge in [0.15, 0.2) is 0 Å². The SMILES string of the molecule is C=CC(CC)CC(=C)N(C)NNN(C)C. The number of allylic oxidation sites excluding steroid dienone is 2. The summed E-state index contributed by atoms with van der Waals surface area (Å²) in [6, 6.07) is 0. The zero-order chi connectivity index (χ0) is 11.8. The first kappa shape index (κ1) is 14.2. The standard InChI is InChI=1S/C11H24N4/c1-7-11(8-2)9-10(3)15(6)13-12-14(4)5/h7,11-13H,1,3,8-9H2,2,4-6H3. The summed E-state index contributed by atoms with van der Waals surface area (Å²) >= 11 is 0. The van der Waals surface area contributed by atoms with Crippen LogP contribution in [0.2, 0.25) is 0 Å². The molecule has 2 N–H and O–H groups in total. The van der Waals surface area contributed by atoms with Gasteiger partial charge in [-0.3, -0.25) is 0 Å². The van der Waals surface area contributed by atoms with Crippen molar-refractivity contribution in [2.75, 3.05) is 21.1 Å². The van der Waals surface area contributed by atoms with Gasteiger partial charge in [-0.15, -0.1) is 6.58 Å². The maximum absolute atomic E-state index is 4.03. The van der Waals surface area contributed by atoms with Gasteiger partial charge in [-0.2, -0.15) is 11.1 Å². The molecule has 0 saturated heterocycles. The van der Waals surface area contributed by atoms with Gasteiger partial charge in [0.05, 0.1) is 0 Å². The predicted octanol–water partition coefficient (Wildman–Crippen LogP) is 1.52. The van der Waals surface area contributed by atoms with Gasteiger partial charge < -0.3 is 5.01 Å². The maximum atomic E-state index is 4.03. The fraction of sp³-hybridized carbons (Fsp3) is 0.636. The summed E-state index contributed by atoms with van der Waals surface area (Å²) < 4.78 is 0. The highest BCUT2D eigenvalue weighted by molar-refractivity contribution is 4.96. The van der Waals surface area contributed by atoms with Crippen LogP contribution in [0.5, 0.6) is 0 Å². The van der Waals surface area contributed by atoms with E-state index in [0.717, 1.165) is 18.5 Å². The van der Waals surface area contributed by atoms with E-state index in [0.29, 0.717) is 5.92 Å². The van der Waals surface area contributed by atoms with E-state index in [1.165, 1.54) is 0 Å². The molecule has 0 aliphatic heterocycles. The van der Waals surface area contributed by atoms with E-state index in [1.807, 2.05) is 37.2 Å². The third-order valence-electron chi connectivity index (χ3n) is 2.27. The molecule has 0 aliphatic rings. The van der Waals surface area contributed by atoms with Crippen LogP contribution in [0.1, 0.15) is 19.8 Å². The van der Waals surface area contributed by atoms with Gasteiger partial charge in [-0.1, -0.05) is 19.6 Å². The Labute approximate surface area is 93.5 Å². The van der Waals surface area contributed by atoms with Crippen molar-refractivity contribution >= 4 is 0 Å². The van der Waals surface area contributed by atoms with Crippen LogP contribution in [0.25, 0.3) is 0 Å². The van der Waals surface area contributed by atoms with Crippen molar-refractivity contribution in [1.82, 2.24) is 21.1 Å². The molecule has 1 unspecified atom stereocenters. The van der Waals surface area contributed by atoms with E-state index < -0.39 is 0 Å². The zero-order valence-corrected chi connectivity index (χ0v) is 10.4. The fourth-order valence-electron chi connectivity index (χ4n) is 1.09. The van der Waals surface area contributed by atoms with Gasteiger partial charge >= 0.3 is 0 Å². The molecule has 0 fully saturated rings. The summed E-state index contributed by atoms with van der Waals surface area (Å²) in [5.41, 5.74) is 7.01. The monoisotopic (exact) mass is 212 g/mol. The smallest absolute Gasteiger partial charge is 0.0242 e. The van der Waals surface area contributed by atoms with Crippen LogP contribution >= 0.6 is 0 Å². The summed E-state index contributed by atoms with van der Waals surface area (Å²) in [5, 5.41) is 3.71. The summed E-state index contributed by atoms with van der Waals surface area (Å²) in [6.07, 6.45) is 4.01. The number of nitrogens with one attached hydrogen (secondary N) is 2. The van der Waals surface area contributed by atoms with Crippen molar-refractivity contribution in [1.29, 1.82) is 0 Å². The maximum Gasteiger partial charge on any atom is 0.0242 e. The molecule has 0 amide bonds. The topological polar surface area (TPSA) is 30.5 Å². The molecule has 0 aromatic heterocycles. The van der Waals surface area contributed by atoms with Gasteiger partial charge in [0, 0.05) is 26.8 Å². The minimum Gasteiger partial charge on any atom is -0.302 e. The Morgan fingerprint density at radius 3 is 2.33 bits per heavy atom. The van der Waals surface area contributed by atoms with Crippen molar-refractivity contribution in [2.45, 2.75) is 19.8 Å².